The lowest BCUT2D eigenvalue weighted by Crippen LogP contribution is -2.42. The number of benzene rings is 2. The fourth-order valence-electron chi connectivity index (χ4n) is 3.01. The quantitative estimate of drug-likeness (QED) is 0.917. The van der Waals surface area contributed by atoms with Crippen LogP contribution in [0.5, 0.6) is 0 Å². The molecule has 1 aliphatic rings. The molecule has 114 valence electrons. The third kappa shape index (κ3) is 2.35. The Hall–Kier alpha value is -2.66. The van der Waals surface area contributed by atoms with Gasteiger partial charge in [-0.15, -0.1) is 0 Å². The normalized spacial score (nSPS) is 20.0. The molecule has 2 aromatic carbocycles. The zero-order valence-electron chi connectivity index (χ0n) is 12.1. The highest BCUT2D eigenvalue weighted by atomic mass is 16.4. The van der Waals surface area contributed by atoms with Crippen molar-refractivity contribution in [1.82, 2.24) is 4.90 Å². The Kier molecular flexibility index (Phi) is 4.28. The van der Waals surface area contributed by atoms with Crippen molar-refractivity contribution in [2.45, 2.75) is 12.0 Å². The van der Waals surface area contributed by atoms with Gasteiger partial charge in [-0.25, -0.2) is 0 Å². The van der Waals surface area contributed by atoms with E-state index in [1.807, 2.05) is 30.3 Å². The summed E-state index contributed by atoms with van der Waals surface area (Å²) < 4.78 is 0. The number of carboxylic acids is 1. The molecule has 0 saturated heterocycles. The third-order valence-corrected chi connectivity index (χ3v) is 3.99. The van der Waals surface area contributed by atoms with Gasteiger partial charge < -0.3 is 15.5 Å². The number of carbonyl (C=O) groups is 2. The highest BCUT2D eigenvalue weighted by Gasteiger charge is 2.42. The summed E-state index contributed by atoms with van der Waals surface area (Å²) in [7, 11) is 1.66. The lowest BCUT2D eigenvalue weighted by atomic mass is 9.80. The van der Waals surface area contributed by atoms with Crippen molar-refractivity contribution in [1.29, 1.82) is 0 Å². The fourth-order valence-corrected chi connectivity index (χ4v) is 3.01. The van der Waals surface area contributed by atoms with Crippen molar-refractivity contribution in [2.24, 2.45) is 0 Å². The van der Waals surface area contributed by atoms with E-state index in [-0.39, 0.29) is 11.4 Å². The van der Waals surface area contributed by atoms with E-state index in [2.05, 4.69) is 0 Å². The summed E-state index contributed by atoms with van der Waals surface area (Å²) in [5.74, 6) is -1.82. The van der Waals surface area contributed by atoms with Gasteiger partial charge in [-0.2, -0.15) is 0 Å². The van der Waals surface area contributed by atoms with Crippen LogP contribution in [-0.2, 0) is 4.79 Å². The molecule has 1 heterocycles. The van der Waals surface area contributed by atoms with Crippen LogP contribution in [0.1, 0.15) is 33.4 Å². The maximum Gasteiger partial charge on any atom is 0.313 e. The molecule has 0 saturated carbocycles. The van der Waals surface area contributed by atoms with E-state index < -0.39 is 17.9 Å². The first kappa shape index (κ1) is 15.7. The molecular weight excluding hydrogens is 282 g/mol. The molecule has 0 unspecified atom stereocenters. The van der Waals surface area contributed by atoms with E-state index in [0.29, 0.717) is 11.1 Å². The molecule has 1 amide bonds. The van der Waals surface area contributed by atoms with E-state index in [1.54, 1.807) is 31.3 Å². The van der Waals surface area contributed by atoms with Crippen molar-refractivity contribution >= 4 is 11.9 Å². The SMILES string of the molecule is CN1C(=O)c2ccccc2[C@@H](C(=O)O)[C@@H]1c1ccccc1.O. The fraction of sp³-hybridized carbons (Fsp3) is 0.176. The molecule has 5 heteroatoms. The van der Waals surface area contributed by atoms with Crippen molar-refractivity contribution in [3.63, 3.8) is 0 Å². The minimum absolute atomic E-state index is 0. The molecule has 3 N–H and O–H groups in total. The van der Waals surface area contributed by atoms with Gasteiger partial charge in [0.05, 0.1) is 6.04 Å². The molecular formula is C17H17NO4. The summed E-state index contributed by atoms with van der Waals surface area (Å²) in [4.78, 5) is 25.8. The molecule has 0 radical (unpaired) electrons. The number of hydrogen-bond donors (Lipinski definition) is 1. The molecule has 22 heavy (non-hydrogen) atoms. The monoisotopic (exact) mass is 299 g/mol. The molecule has 0 aliphatic carbocycles. The minimum Gasteiger partial charge on any atom is -0.481 e. The van der Waals surface area contributed by atoms with Gasteiger partial charge in [-0.1, -0.05) is 48.5 Å². The summed E-state index contributed by atoms with van der Waals surface area (Å²) in [6.07, 6.45) is 0. The second-order valence-electron chi connectivity index (χ2n) is 5.17. The van der Waals surface area contributed by atoms with E-state index in [0.717, 1.165) is 5.56 Å². The second kappa shape index (κ2) is 5.99. The molecule has 0 fully saturated rings. The van der Waals surface area contributed by atoms with Crippen LogP contribution in [0.4, 0.5) is 0 Å². The Balaban J connectivity index is 0.00000176. The zero-order valence-corrected chi connectivity index (χ0v) is 12.1. The van der Waals surface area contributed by atoms with E-state index in [4.69, 9.17) is 0 Å². The molecule has 0 bridgehead atoms. The number of fused-ring (bicyclic) bond motifs is 1. The Morgan fingerprint density at radius 2 is 1.64 bits per heavy atom. The smallest absolute Gasteiger partial charge is 0.313 e. The van der Waals surface area contributed by atoms with Gasteiger partial charge in [0.25, 0.3) is 5.91 Å². The Bertz CT molecular complexity index is 699. The van der Waals surface area contributed by atoms with Crippen LogP contribution in [0, 0.1) is 0 Å². The van der Waals surface area contributed by atoms with Crippen molar-refractivity contribution in [3.8, 4) is 0 Å². The average Bonchev–Trinajstić information content (AvgIpc) is 2.51. The summed E-state index contributed by atoms with van der Waals surface area (Å²) in [6, 6.07) is 15.8. The van der Waals surface area contributed by atoms with E-state index in [1.165, 1.54) is 4.90 Å². The topological polar surface area (TPSA) is 89.1 Å². The van der Waals surface area contributed by atoms with Gasteiger partial charge in [0.2, 0.25) is 0 Å². The number of aliphatic carboxylic acids is 1. The number of rotatable bonds is 2. The average molecular weight is 299 g/mol. The number of carboxylic acid groups (broad SMARTS) is 1. The highest BCUT2D eigenvalue weighted by Crippen LogP contribution is 2.41. The van der Waals surface area contributed by atoms with Crippen molar-refractivity contribution in [3.05, 3.63) is 71.3 Å². The third-order valence-electron chi connectivity index (χ3n) is 3.99. The number of amides is 1. The largest absolute Gasteiger partial charge is 0.481 e. The molecule has 1 aliphatic heterocycles. The van der Waals surface area contributed by atoms with Crippen LogP contribution in [0.3, 0.4) is 0 Å². The first-order valence-electron chi connectivity index (χ1n) is 6.75. The number of likely N-dealkylation sites (N-methyl/N-ethyl adjacent to an activating group) is 1. The van der Waals surface area contributed by atoms with Crippen LogP contribution < -0.4 is 0 Å². The maximum absolute atomic E-state index is 12.5. The minimum atomic E-state index is -0.921. The highest BCUT2D eigenvalue weighted by molar-refractivity contribution is 6.00. The molecule has 0 spiro atoms. The zero-order chi connectivity index (χ0) is 15.0. The first-order chi connectivity index (χ1) is 10.1. The Morgan fingerprint density at radius 3 is 2.27 bits per heavy atom. The van der Waals surface area contributed by atoms with Gasteiger partial charge in [0.15, 0.2) is 0 Å². The summed E-state index contributed by atoms with van der Waals surface area (Å²) in [6.45, 7) is 0. The standard InChI is InChI=1S/C17H15NO3.H2O/c1-18-15(11-7-3-2-4-8-11)14(17(20)21)12-9-5-6-10-13(12)16(18)19;/h2-10,14-15H,1H3,(H,20,21);1H2/t14-,15+;/m1./s1. The number of hydrogen-bond acceptors (Lipinski definition) is 2. The summed E-state index contributed by atoms with van der Waals surface area (Å²) in [5, 5.41) is 9.68. The van der Waals surface area contributed by atoms with Gasteiger partial charge in [0, 0.05) is 12.6 Å². The van der Waals surface area contributed by atoms with E-state index >= 15 is 0 Å². The summed E-state index contributed by atoms with van der Waals surface area (Å²) >= 11 is 0. The molecule has 3 rings (SSSR count). The number of carbonyl (C=O) groups excluding carboxylic acids is 1. The lowest BCUT2D eigenvalue weighted by Gasteiger charge is -2.38. The predicted octanol–water partition coefficient (Wildman–Crippen LogP) is 1.86. The second-order valence-corrected chi connectivity index (χ2v) is 5.17. The molecule has 0 aromatic heterocycles. The van der Waals surface area contributed by atoms with Crippen molar-refractivity contribution < 1.29 is 20.2 Å². The van der Waals surface area contributed by atoms with Gasteiger partial charge in [-0.05, 0) is 17.2 Å². The summed E-state index contributed by atoms with van der Waals surface area (Å²) in [5.41, 5.74) is 1.89. The lowest BCUT2D eigenvalue weighted by molar-refractivity contribution is -0.140. The first-order valence-corrected chi connectivity index (χ1v) is 6.75. The Labute approximate surface area is 128 Å². The Morgan fingerprint density at radius 1 is 1.05 bits per heavy atom. The van der Waals surface area contributed by atoms with Crippen LogP contribution in [-0.4, -0.2) is 34.4 Å². The number of nitrogens with zero attached hydrogens (tertiary/aromatic N) is 1. The predicted molar refractivity (Wildman–Crippen MR) is 81.7 cm³/mol. The van der Waals surface area contributed by atoms with Crippen LogP contribution in [0.25, 0.3) is 0 Å². The molecule has 2 atom stereocenters. The van der Waals surface area contributed by atoms with Crippen LogP contribution in [0.2, 0.25) is 0 Å². The van der Waals surface area contributed by atoms with Gasteiger partial charge in [0.1, 0.15) is 5.92 Å². The van der Waals surface area contributed by atoms with E-state index in [9.17, 15) is 14.7 Å². The van der Waals surface area contributed by atoms with Crippen molar-refractivity contribution in [2.75, 3.05) is 7.05 Å². The van der Waals surface area contributed by atoms with Crippen LogP contribution in [0.15, 0.2) is 54.6 Å². The van der Waals surface area contributed by atoms with Crippen LogP contribution >= 0.6 is 0 Å². The molecule has 5 nitrogen and oxygen atoms in total. The maximum atomic E-state index is 12.5. The molecule has 2 aromatic rings. The van der Waals surface area contributed by atoms with Gasteiger partial charge in [-0.3, -0.25) is 9.59 Å². The van der Waals surface area contributed by atoms with Gasteiger partial charge >= 0.3 is 5.97 Å².